The Labute approximate surface area is 59.8 Å². The third-order valence-electron chi connectivity index (χ3n) is 1.71. The number of carbonyl (C=O) groups is 1. The minimum absolute atomic E-state index is 0.0466. The minimum Gasteiger partial charge on any atom is -0.396 e. The quantitative estimate of drug-likeness (QED) is 0.494. The SMILES string of the molecule is CN1NCC(CO)CC1=O. The molecule has 1 unspecified atom stereocenters. The fourth-order valence-electron chi connectivity index (χ4n) is 0.939. The van der Waals surface area contributed by atoms with Gasteiger partial charge < -0.3 is 5.11 Å². The molecule has 1 amide bonds. The smallest absolute Gasteiger partial charge is 0.236 e. The van der Waals surface area contributed by atoms with E-state index in [1.165, 1.54) is 5.01 Å². The first-order chi connectivity index (χ1) is 4.74. The maximum Gasteiger partial charge on any atom is 0.236 e. The van der Waals surface area contributed by atoms with Crippen LogP contribution in [-0.2, 0) is 4.79 Å². The Morgan fingerprint density at radius 3 is 3.10 bits per heavy atom. The first-order valence-corrected chi connectivity index (χ1v) is 3.35. The molecule has 4 heteroatoms. The molecule has 0 aromatic carbocycles. The molecule has 0 aromatic heterocycles. The largest absolute Gasteiger partial charge is 0.396 e. The van der Waals surface area contributed by atoms with Crippen LogP contribution in [0.5, 0.6) is 0 Å². The Morgan fingerprint density at radius 1 is 1.90 bits per heavy atom. The van der Waals surface area contributed by atoms with Gasteiger partial charge in [-0.25, -0.2) is 5.43 Å². The Hall–Kier alpha value is -0.610. The van der Waals surface area contributed by atoms with Gasteiger partial charge in [0.05, 0.1) is 0 Å². The second kappa shape index (κ2) is 2.98. The molecule has 1 heterocycles. The van der Waals surface area contributed by atoms with E-state index in [2.05, 4.69) is 5.43 Å². The molecule has 0 saturated carbocycles. The molecular weight excluding hydrogens is 132 g/mol. The van der Waals surface area contributed by atoms with E-state index in [0.29, 0.717) is 13.0 Å². The molecule has 0 bridgehead atoms. The van der Waals surface area contributed by atoms with E-state index in [0.717, 1.165) is 0 Å². The van der Waals surface area contributed by atoms with Gasteiger partial charge in [-0.1, -0.05) is 0 Å². The van der Waals surface area contributed by atoms with E-state index in [1.54, 1.807) is 7.05 Å². The molecule has 1 aliphatic rings. The van der Waals surface area contributed by atoms with Gasteiger partial charge in [-0.05, 0) is 0 Å². The van der Waals surface area contributed by atoms with Crippen LogP contribution in [-0.4, -0.2) is 36.2 Å². The van der Waals surface area contributed by atoms with Crippen LogP contribution in [0.1, 0.15) is 6.42 Å². The number of nitrogens with one attached hydrogen (secondary N) is 1. The molecule has 0 spiro atoms. The van der Waals surface area contributed by atoms with Crippen molar-refractivity contribution < 1.29 is 9.90 Å². The van der Waals surface area contributed by atoms with Crippen LogP contribution in [0.25, 0.3) is 0 Å². The summed E-state index contributed by atoms with van der Waals surface area (Å²) in [6, 6.07) is 0. The maximum absolute atomic E-state index is 10.9. The Kier molecular flexibility index (Phi) is 2.24. The zero-order chi connectivity index (χ0) is 7.56. The number of hydrogen-bond donors (Lipinski definition) is 2. The average molecular weight is 144 g/mol. The highest BCUT2D eigenvalue weighted by Crippen LogP contribution is 2.07. The minimum atomic E-state index is 0.0466. The maximum atomic E-state index is 10.9. The number of hydrogen-bond acceptors (Lipinski definition) is 3. The van der Waals surface area contributed by atoms with Crippen molar-refractivity contribution in [3.8, 4) is 0 Å². The van der Waals surface area contributed by atoms with E-state index in [1.807, 2.05) is 0 Å². The standard InChI is InChI=1S/C6H12N2O2/c1-8-6(10)2-5(4-9)3-7-8/h5,7,9H,2-4H2,1H3. The number of aliphatic hydroxyl groups is 1. The van der Waals surface area contributed by atoms with Gasteiger partial charge in [0.15, 0.2) is 0 Å². The molecule has 2 N–H and O–H groups in total. The van der Waals surface area contributed by atoms with Crippen LogP contribution in [0.15, 0.2) is 0 Å². The Bertz CT molecular complexity index is 138. The lowest BCUT2D eigenvalue weighted by atomic mass is 10.1. The zero-order valence-corrected chi connectivity index (χ0v) is 6.00. The lowest BCUT2D eigenvalue weighted by molar-refractivity contribution is -0.137. The summed E-state index contributed by atoms with van der Waals surface area (Å²) in [6.07, 6.45) is 0.458. The van der Waals surface area contributed by atoms with Gasteiger partial charge in [0.25, 0.3) is 0 Å². The molecule has 1 rings (SSSR count). The predicted molar refractivity (Wildman–Crippen MR) is 36.0 cm³/mol. The summed E-state index contributed by atoms with van der Waals surface area (Å²) in [4.78, 5) is 10.9. The number of nitrogens with zero attached hydrogens (tertiary/aromatic N) is 1. The number of hydrazine groups is 1. The van der Waals surface area contributed by atoms with Gasteiger partial charge in [-0.3, -0.25) is 9.80 Å². The van der Waals surface area contributed by atoms with Crippen molar-refractivity contribution in [1.29, 1.82) is 0 Å². The molecule has 58 valence electrons. The third kappa shape index (κ3) is 1.46. The highest BCUT2D eigenvalue weighted by Gasteiger charge is 2.21. The van der Waals surface area contributed by atoms with Crippen LogP contribution in [0.3, 0.4) is 0 Å². The van der Waals surface area contributed by atoms with Crippen LogP contribution >= 0.6 is 0 Å². The van der Waals surface area contributed by atoms with Crippen LogP contribution in [0, 0.1) is 5.92 Å². The second-order valence-corrected chi connectivity index (χ2v) is 2.57. The van der Waals surface area contributed by atoms with E-state index in [-0.39, 0.29) is 18.4 Å². The molecule has 4 nitrogen and oxygen atoms in total. The van der Waals surface area contributed by atoms with E-state index < -0.39 is 0 Å². The van der Waals surface area contributed by atoms with Crippen LogP contribution in [0.4, 0.5) is 0 Å². The Balaban J connectivity index is 2.41. The first kappa shape index (κ1) is 7.50. The van der Waals surface area contributed by atoms with E-state index in [4.69, 9.17) is 5.11 Å². The molecular formula is C6H12N2O2. The van der Waals surface area contributed by atoms with Gasteiger partial charge in [0, 0.05) is 32.5 Å². The molecule has 10 heavy (non-hydrogen) atoms. The summed E-state index contributed by atoms with van der Waals surface area (Å²) in [5.41, 5.74) is 2.86. The number of aliphatic hydroxyl groups excluding tert-OH is 1. The number of carbonyl (C=O) groups excluding carboxylic acids is 1. The molecule has 1 fully saturated rings. The monoisotopic (exact) mass is 144 g/mol. The summed E-state index contributed by atoms with van der Waals surface area (Å²) in [6.45, 7) is 0.783. The summed E-state index contributed by atoms with van der Waals surface area (Å²) < 4.78 is 0. The van der Waals surface area contributed by atoms with Crippen molar-refractivity contribution in [2.75, 3.05) is 20.2 Å². The average Bonchev–Trinajstić information content (AvgIpc) is 1.95. The van der Waals surface area contributed by atoms with E-state index >= 15 is 0 Å². The molecule has 1 aliphatic heterocycles. The van der Waals surface area contributed by atoms with Gasteiger partial charge in [0.1, 0.15) is 0 Å². The van der Waals surface area contributed by atoms with Crippen LogP contribution < -0.4 is 5.43 Å². The van der Waals surface area contributed by atoms with Crippen LogP contribution in [0.2, 0.25) is 0 Å². The molecule has 1 atom stereocenters. The fraction of sp³-hybridized carbons (Fsp3) is 0.833. The predicted octanol–water partition coefficient (Wildman–Crippen LogP) is -1.04. The van der Waals surface area contributed by atoms with Gasteiger partial charge in [-0.2, -0.15) is 0 Å². The molecule has 0 radical (unpaired) electrons. The van der Waals surface area contributed by atoms with E-state index in [9.17, 15) is 4.79 Å². The number of amides is 1. The van der Waals surface area contributed by atoms with Crippen molar-refractivity contribution in [3.63, 3.8) is 0 Å². The first-order valence-electron chi connectivity index (χ1n) is 3.35. The summed E-state index contributed by atoms with van der Waals surface area (Å²) in [5, 5.41) is 10.1. The fourth-order valence-corrected chi connectivity index (χ4v) is 0.939. The van der Waals surface area contributed by atoms with Crippen molar-refractivity contribution in [2.24, 2.45) is 5.92 Å². The lowest BCUT2D eigenvalue weighted by Gasteiger charge is -2.28. The van der Waals surface area contributed by atoms with Crippen molar-refractivity contribution in [3.05, 3.63) is 0 Å². The topological polar surface area (TPSA) is 52.6 Å². The number of rotatable bonds is 1. The zero-order valence-electron chi connectivity index (χ0n) is 6.00. The molecule has 0 aromatic rings. The normalized spacial score (nSPS) is 27.2. The highest BCUT2D eigenvalue weighted by atomic mass is 16.3. The van der Waals surface area contributed by atoms with Crippen molar-refractivity contribution in [2.45, 2.75) is 6.42 Å². The highest BCUT2D eigenvalue weighted by molar-refractivity contribution is 5.76. The lowest BCUT2D eigenvalue weighted by Crippen LogP contribution is -2.48. The van der Waals surface area contributed by atoms with Gasteiger partial charge >= 0.3 is 0 Å². The summed E-state index contributed by atoms with van der Waals surface area (Å²) in [7, 11) is 1.69. The van der Waals surface area contributed by atoms with Gasteiger partial charge in [-0.15, -0.1) is 0 Å². The molecule has 1 saturated heterocycles. The van der Waals surface area contributed by atoms with Crippen molar-refractivity contribution in [1.82, 2.24) is 10.4 Å². The second-order valence-electron chi connectivity index (χ2n) is 2.57. The van der Waals surface area contributed by atoms with Crippen molar-refractivity contribution >= 4 is 5.91 Å². The Morgan fingerprint density at radius 2 is 2.60 bits per heavy atom. The molecule has 0 aliphatic carbocycles. The summed E-state index contributed by atoms with van der Waals surface area (Å²) in [5.74, 6) is 0.147. The summed E-state index contributed by atoms with van der Waals surface area (Å²) >= 11 is 0. The van der Waals surface area contributed by atoms with Gasteiger partial charge in [0.2, 0.25) is 5.91 Å². The third-order valence-corrected chi connectivity index (χ3v) is 1.71.